The first-order valence-corrected chi connectivity index (χ1v) is 7.85. The van der Waals surface area contributed by atoms with Gasteiger partial charge in [-0.3, -0.25) is 0 Å². The monoisotopic (exact) mass is 354 g/mol. The van der Waals surface area contributed by atoms with Gasteiger partial charge in [-0.1, -0.05) is 6.92 Å². The van der Waals surface area contributed by atoms with Gasteiger partial charge in [0.15, 0.2) is 0 Å². The summed E-state index contributed by atoms with van der Waals surface area (Å²) in [6.07, 6.45) is 3.16. The molecule has 5 nitrogen and oxygen atoms in total. The van der Waals surface area contributed by atoms with Crippen molar-refractivity contribution in [1.82, 2.24) is 4.90 Å². The van der Waals surface area contributed by atoms with E-state index in [0.717, 1.165) is 32.4 Å². The van der Waals surface area contributed by atoms with Crippen molar-refractivity contribution in [3.05, 3.63) is 28.2 Å². The number of benzene rings is 1. The van der Waals surface area contributed by atoms with Gasteiger partial charge in [-0.2, -0.15) is 0 Å². The molecule has 0 saturated carbocycles. The van der Waals surface area contributed by atoms with Crippen LogP contribution in [0.15, 0.2) is 22.7 Å². The minimum atomic E-state index is -1.03. The molecule has 1 atom stereocenters. The molecule has 1 heterocycles. The number of carboxylic acids is 1. The van der Waals surface area contributed by atoms with Gasteiger partial charge in [0, 0.05) is 23.2 Å². The molecule has 114 valence electrons. The lowest BCUT2D eigenvalue weighted by Gasteiger charge is -2.21. The Morgan fingerprint density at radius 1 is 1.33 bits per heavy atom. The molecule has 0 radical (unpaired) electrons. The standard InChI is InChI=1S/C15H19BrN2O3/c1-10-3-2-7-18(8-6-10)15(21)17-11-4-5-13(16)12(9-11)14(19)20/h4-5,9-10H,2-3,6-8H2,1H3,(H,17,21)(H,19,20). The number of nitrogens with one attached hydrogen (secondary N) is 1. The highest BCUT2D eigenvalue weighted by Crippen LogP contribution is 2.22. The summed E-state index contributed by atoms with van der Waals surface area (Å²) in [5.41, 5.74) is 0.634. The predicted octanol–water partition coefficient (Wildman–Crippen LogP) is 3.80. The number of nitrogens with zero attached hydrogens (tertiary/aromatic N) is 1. The maximum atomic E-state index is 12.2. The first-order valence-electron chi connectivity index (χ1n) is 7.06. The Kier molecular flexibility index (Phi) is 5.22. The number of hydrogen-bond acceptors (Lipinski definition) is 2. The summed E-state index contributed by atoms with van der Waals surface area (Å²) in [5.74, 6) is -0.379. The van der Waals surface area contributed by atoms with Crippen LogP contribution >= 0.6 is 15.9 Å². The molecule has 1 fully saturated rings. The summed E-state index contributed by atoms with van der Waals surface area (Å²) in [5, 5.41) is 11.9. The van der Waals surface area contributed by atoms with Crippen LogP contribution in [0.1, 0.15) is 36.5 Å². The Labute approximate surface area is 132 Å². The molecular formula is C15H19BrN2O3. The van der Waals surface area contributed by atoms with E-state index in [4.69, 9.17) is 5.11 Å². The molecule has 0 aromatic heterocycles. The third kappa shape index (κ3) is 4.20. The molecule has 2 amide bonds. The van der Waals surface area contributed by atoms with Crippen LogP contribution in [0.25, 0.3) is 0 Å². The van der Waals surface area contributed by atoms with Crippen LogP contribution in [0.3, 0.4) is 0 Å². The molecule has 1 unspecified atom stereocenters. The van der Waals surface area contributed by atoms with Crippen molar-refractivity contribution in [3.63, 3.8) is 0 Å². The number of hydrogen-bond donors (Lipinski definition) is 2. The zero-order valence-corrected chi connectivity index (χ0v) is 13.5. The number of amides is 2. The van der Waals surface area contributed by atoms with E-state index >= 15 is 0 Å². The van der Waals surface area contributed by atoms with E-state index in [9.17, 15) is 9.59 Å². The van der Waals surface area contributed by atoms with Crippen molar-refractivity contribution in [1.29, 1.82) is 0 Å². The van der Waals surface area contributed by atoms with Crippen molar-refractivity contribution in [2.45, 2.75) is 26.2 Å². The van der Waals surface area contributed by atoms with E-state index in [1.165, 1.54) is 6.07 Å². The molecule has 0 spiro atoms. The largest absolute Gasteiger partial charge is 0.478 e. The molecule has 21 heavy (non-hydrogen) atoms. The average Bonchev–Trinajstić information content (AvgIpc) is 2.65. The number of likely N-dealkylation sites (tertiary alicyclic amines) is 1. The van der Waals surface area contributed by atoms with Crippen LogP contribution in [0.2, 0.25) is 0 Å². The molecule has 0 bridgehead atoms. The topological polar surface area (TPSA) is 69.6 Å². The number of carboxylic acid groups (broad SMARTS) is 1. The Morgan fingerprint density at radius 2 is 2.10 bits per heavy atom. The lowest BCUT2D eigenvalue weighted by molar-refractivity contribution is 0.0696. The molecule has 2 rings (SSSR count). The summed E-state index contributed by atoms with van der Waals surface area (Å²) >= 11 is 3.19. The molecule has 1 aromatic carbocycles. The summed E-state index contributed by atoms with van der Waals surface area (Å²) in [7, 11) is 0. The quantitative estimate of drug-likeness (QED) is 0.848. The van der Waals surface area contributed by atoms with Crippen LogP contribution in [0.5, 0.6) is 0 Å². The van der Waals surface area contributed by atoms with Gasteiger partial charge in [-0.15, -0.1) is 0 Å². The van der Waals surface area contributed by atoms with Gasteiger partial charge in [0.1, 0.15) is 0 Å². The molecule has 0 aliphatic carbocycles. The highest BCUT2D eigenvalue weighted by Gasteiger charge is 2.19. The normalized spacial score (nSPS) is 19.0. The van der Waals surface area contributed by atoms with Crippen LogP contribution in [-0.2, 0) is 0 Å². The van der Waals surface area contributed by atoms with Gasteiger partial charge in [-0.05, 0) is 59.3 Å². The number of carbonyl (C=O) groups excluding carboxylic acids is 1. The Morgan fingerprint density at radius 3 is 2.81 bits per heavy atom. The van der Waals surface area contributed by atoms with E-state index in [-0.39, 0.29) is 11.6 Å². The molecular weight excluding hydrogens is 336 g/mol. The SMILES string of the molecule is CC1CCCN(C(=O)Nc2ccc(Br)c(C(=O)O)c2)CC1. The van der Waals surface area contributed by atoms with E-state index in [2.05, 4.69) is 28.2 Å². The van der Waals surface area contributed by atoms with Crippen LogP contribution in [0.4, 0.5) is 10.5 Å². The molecule has 1 saturated heterocycles. The van der Waals surface area contributed by atoms with Crippen LogP contribution in [0, 0.1) is 5.92 Å². The highest BCUT2D eigenvalue weighted by molar-refractivity contribution is 9.10. The second kappa shape index (κ2) is 6.93. The molecule has 1 aliphatic rings. The van der Waals surface area contributed by atoms with Crippen molar-refractivity contribution >= 4 is 33.6 Å². The zero-order valence-electron chi connectivity index (χ0n) is 11.9. The van der Waals surface area contributed by atoms with Crippen LogP contribution < -0.4 is 5.32 Å². The minimum absolute atomic E-state index is 0.136. The lowest BCUT2D eigenvalue weighted by Crippen LogP contribution is -2.35. The number of aromatic carboxylic acids is 1. The van der Waals surface area contributed by atoms with E-state index in [1.807, 2.05) is 0 Å². The maximum absolute atomic E-state index is 12.2. The van der Waals surface area contributed by atoms with Gasteiger partial charge in [0.2, 0.25) is 0 Å². The lowest BCUT2D eigenvalue weighted by atomic mass is 10.0. The predicted molar refractivity (Wildman–Crippen MR) is 84.7 cm³/mol. The highest BCUT2D eigenvalue weighted by atomic mass is 79.9. The van der Waals surface area contributed by atoms with E-state index in [0.29, 0.717) is 16.1 Å². The van der Waals surface area contributed by atoms with Crippen molar-refractivity contribution in [2.24, 2.45) is 5.92 Å². The fraction of sp³-hybridized carbons (Fsp3) is 0.467. The van der Waals surface area contributed by atoms with E-state index < -0.39 is 5.97 Å². The summed E-state index contributed by atoms with van der Waals surface area (Å²) in [6, 6.07) is 4.62. The van der Waals surface area contributed by atoms with Crippen molar-refractivity contribution < 1.29 is 14.7 Å². The van der Waals surface area contributed by atoms with Gasteiger partial charge >= 0.3 is 12.0 Å². The Hall–Kier alpha value is -1.56. The second-order valence-electron chi connectivity index (χ2n) is 5.45. The molecule has 6 heteroatoms. The van der Waals surface area contributed by atoms with Crippen molar-refractivity contribution in [3.8, 4) is 0 Å². The van der Waals surface area contributed by atoms with Gasteiger partial charge < -0.3 is 15.3 Å². The molecule has 1 aromatic rings. The molecule has 2 N–H and O–H groups in total. The first kappa shape index (κ1) is 15.8. The second-order valence-corrected chi connectivity index (χ2v) is 6.31. The van der Waals surface area contributed by atoms with Gasteiger partial charge in [0.25, 0.3) is 0 Å². The summed E-state index contributed by atoms with van der Waals surface area (Å²) in [4.78, 5) is 25.1. The maximum Gasteiger partial charge on any atom is 0.336 e. The third-order valence-corrected chi connectivity index (χ3v) is 4.44. The van der Waals surface area contributed by atoms with Gasteiger partial charge in [0.05, 0.1) is 5.56 Å². The van der Waals surface area contributed by atoms with Gasteiger partial charge in [-0.25, -0.2) is 9.59 Å². The number of anilines is 1. The number of urea groups is 1. The summed E-state index contributed by atoms with van der Waals surface area (Å²) < 4.78 is 0.497. The van der Waals surface area contributed by atoms with Crippen molar-refractivity contribution in [2.75, 3.05) is 18.4 Å². The fourth-order valence-electron chi connectivity index (χ4n) is 2.44. The number of rotatable bonds is 2. The third-order valence-electron chi connectivity index (χ3n) is 3.75. The minimum Gasteiger partial charge on any atom is -0.478 e. The summed E-state index contributed by atoms with van der Waals surface area (Å²) in [6.45, 7) is 3.70. The number of carbonyl (C=O) groups is 2. The zero-order chi connectivity index (χ0) is 15.4. The fourth-order valence-corrected chi connectivity index (χ4v) is 2.85. The van der Waals surface area contributed by atoms with E-state index in [1.54, 1.807) is 17.0 Å². The Bertz CT molecular complexity index is 548. The smallest absolute Gasteiger partial charge is 0.336 e. The average molecular weight is 355 g/mol. The molecule has 1 aliphatic heterocycles. The van der Waals surface area contributed by atoms with Crippen LogP contribution in [-0.4, -0.2) is 35.1 Å². The number of halogens is 1. The first-order chi connectivity index (χ1) is 9.97. The Balaban J connectivity index is 2.05.